The fourth-order valence-electron chi connectivity index (χ4n) is 1.73. The number of rotatable bonds is 7. The van der Waals surface area contributed by atoms with Crippen molar-refractivity contribution >= 4 is 23.2 Å². The molecular weight excluding hydrogens is 279 g/mol. The smallest absolute Gasteiger partial charge is 0.250 e. The topological polar surface area (TPSA) is 111 Å². The number of benzene rings is 1. The summed E-state index contributed by atoms with van der Waals surface area (Å²) < 4.78 is 18.7. The van der Waals surface area contributed by atoms with Crippen LogP contribution in [0.15, 0.2) is 12.1 Å². The average molecular weight is 298 g/mol. The van der Waals surface area contributed by atoms with Crippen LogP contribution < -0.4 is 21.7 Å². The maximum atomic E-state index is 13.9. The predicted octanol–water partition coefficient (Wildman–Crippen LogP) is -0.294. The van der Waals surface area contributed by atoms with E-state index in [4.69, 9.17) is 16.2 Å². The van der Waals surface area contributed by atoms with Gasteiger partial charge in [0.25, 0.3) is 5.91 Å². The van der Waals surface area contributed by atoms with Crippen molar-refractivity contribution in [1.82, 2.24) is 5.32 Å². The minimum atomic E-state index is -0.758. The second kappa shape index (κ2) is 7.44. The minimum absolute atomic E-state index is 0.0121. The van der Waals surface area contributed by atoms with Gasteiger partial charge in [-0.2, -0.15) is 0 Å². The lowest BCUT2D eigenvalue weighted by atomic mass is 10.1. The molecule has 0 aromatic heterocycles. The molecule has 0 saturated carbocycles. The van der Waals surface area contributed by atoms with Crippen LogP contribution in [0.3, 0.4) is 0 Å². The van der Waals surface area contributed by atoms with E-state index in [0.717, 1.165) is 6.07 Å². The largest absolute Gasteiger partial charge is 0.398 e. The molecule has 0 heterocycles. The third kappa shape index (κ3) is 4.60. The van der Waals surface area contributed by atoms with Gasteiger partial charge in [-0.1, -0.05) is 0 Å². The number of nitrogens with one attached hydrogen (secondary N) is 1. The van der Waals surface area contributed by atoms with Crippen molar-refractivity contribution in [3.63, 3.8) is 0 Å². The van der Waals surface area contributed by atoms with E-state index in [1.807, 2.05) is 0 Å². The van der Waals surface area contributed by atoms with Gasteiger partial charge in [0.15, 0.2) is 0 Å². The Morgan fingerprint density at radius 3 is 2.67 bits per heavy atom. The van der Waals surface area contributed by atoms with E-state index < -0.39 is 11.7 Å². The summed E-state index contributed by atoms with van der Waals surface area (Å²) in [5.41, 5.74) is 10.7. The van der Waals surface area contributed by atoms with E-state index in [0.29, 0.717) is 13.2 Å². The Labute approximate surface area is 122 Å². The van der Waals surface area contributed by atoms with Gasteiger partial charge in [-0.3, -0.25) is 9.59 Å². The molecule has 116 valence electrons. The van der Waals surface area contributed by atoms with Crippen LogP contribution in [0.25, 0.3) is 0 Å². The van der Waals surface area contributed by atoms with Gasteiger partial charge >= 0.3 is 0 Å². The molecule has 21 heavy (non-hydrogen) atoms. The number of hydrogen-bond donors (Lipinski definition) is 3. The number of ether oxygens (including phenoxy) is 1. The molecule has 1 aromatic carbocycles. The number of likely N-dealkylation sites (N-methyl/N-ethyl adjacent to an activating group) is 1. The molecule has 0 bridgehead atoms. The van der Waals surface area contributed by atoms with Gasteiger partial charge in [0.05, 0.1) is 24.4 Å². The quantitative estimate of drug-likeness (QED) is 0.473. The molecule has 0 saturated heterocycles. The van der Waals surface area contributed by atoms with E-state index in [2.05, 4.69) is 5.32 Å². The summed E-state index contributed by atoms with van der Waals surface area (Å²) in [6.07, 6.45) is 0. The number of hydrogen-bond acceptors (Lipinski definition) is 5. The number of amides is 2. The number of methoxy groups -OCH3 is 1. The summed E-state index contributed by atoms with van der Waals surface area (Å²) in [4.78, 5) is 24.2. The third-order valence-corrected chi connectivity index (χ3v) is 2.80. The number of anilines is 2. The number of halogens is 1. The molecule has 5 N–H and O–H groups in total. The third-order valence-electron chi connectivity index (χ3n) is 2.80. The predicted molar refractivity (Wildman–Crippen MR) is 77.5 cm³/mol. The minimum Gasteiger partial charge on any atom is -0.398 e. The second-order valence-corrected chi connectivity index (χ2v) is 4.45. The van der Waals surface area contributed by atoms with Crippen LogP contribution in [-0.2, 0) is 9.53 Å². The second-order valence-electron chi connectivity index (χ2n) is 4.45. The molecule has 0 aliphatic heterocycles. The highest BCUT2D eigenvalue weighted by molar-refractivity contribution is 5.99. The number of primary amides is 1. The van der Waals surface area contributed by atoms with E-state index >= 15 is 0 Å². The first-order chi connectivity index (χ1) is 9.86. The van der Waals surface area contributed by atoms with Gasteiger partial charge in [0.1, 0.15) is 5.82 Å². The molecule has 0 radical (unpaired) electrons. The molecule has 0 atom stereocenters. The number of nitrogen functional groups attached to an aromatic ring is 1. The number of carbonyl (C=O) groups is 2. The van der Waals surface area contributed by atoms with Crippen molar-refractivity contribution in [3.05, 3.63) is 23.5 Å². The Morgan fingerprint density at radius 1 is 1.43 bits per heavy atom. The molecule has 7 nitrogen and oxygen atoms in total. The van der Waals surface area contributed by atoms with Gasteiger partial charge in [-0.05, 0) is 12.1 Å². The summed E-state index contributed by atoms with van der Waals surface area (Å²) >= 11 is 0. The van der Waals surface area contributed by atoms with E-state index in [9.17, 15) is 14.0 Å². The zero-order valence-electron chi connectivity index (χ0n) is 12.0. The molecule has 0 unspecified atom stereocenters. The maximum Gasteiger partial charge on any atom is 0.250 e. The number of nitrogens with two attached hydrogens (primary N) is 2. The monoisotopic (exact) mass is 298 g/mol. The van der Waals surface area contributed by atoms with Crippen molar-refractivity contribution < 1.29 is 18.7 Å². The summed E-state index contributed by atoms with van der Waals surface area (Å²) in [7, 11) is 3.04. The molecule has 0 spiro atoms. The molecule has 1 rings (SSSR count). The molecule has 0 aliphatic carbocycles. The van der Waals surface area contributed by atoms with E-state index in [1.165, 1.54) is 25.1 Å². The van der Waals surface area contributed by atoms with Gasteiger partial charge in [0, 0.05) is 26.4 Å². The SMILES string of the molecule is COCCNC(=O)CN(C)c1cc(C(N)=O)c(N)cc1F. The van der Waals surface area contributed by atoms with E-state index in [1.54, 1.807) is 0 Å². The summed E-state index contributed by atoms with van der Waals surface area (Å²) in [5.74, 6) is -1.69. The Hall–Kier alpha value is -2.35. The highest BCUT2D eigenvalue weighted by atomic mass is 19.1. The first kappa shape index (κ1) is 16.7. The summed E-state index contributed by atoms with van der Waals surface area (Å²) in [6.45, 7) is 0.667. The molecule has 1 aromatic rings. The number of carbonyl (C=O) groups excluding carboxylic acids is 2. The zero-order chi connectivity index (χ0) is 16.0. The van der Waals surface area contributed by atoms with Crippen molar-refractivity contribution in [2.45, 2.75) is 0 Å². The van der Waals surface area contributed by atoms with Crippen LogP contribution in [-0.4, -0.2) is 45.7 Å². The zero-order valence-corrected chi connectivity index (χ0v) is 12.0. The van der Waals surface area contributed by atoms with Crippen LogP contribution >= 0.6 is 0 Å². The van der Waals surface area contributed by atoms with E-state index in [-0.39, 0.29) is 29.4 Å². The first-order valence-electron chi connectivity index (χ1n) is 6.22. The first-order valence-corrected chi connectivity index (χ1v) is 6.22. The van der Waals surface area contributed by atoms with Crippen molar-refractivity contribution in [1.29, 1.82) is 0 Å². The van der Waals surface area contributed by atoms with Gasteiger partial charge < -0.3 is 26.4 Å². The molecule has 2 amide bonds. The van der Waals surface area contributed by atoms with Crippen LogP contribution in [0, 0.1) is 5.82 Å². The molecular formula is C13H19FN4O3. The van der Waals surface area contributed by atoms with Crippen molar-refractivity contribution in [3.8, 4) is 0 Å². The van der Waals surface area contributed by atoms with Crippen LogP contribution in [0.5, 0.6) is 0 Å². The number of nitrogens with zero attached hydrogens (tertiary/aromatic N) is 1. The Bertz CT molecular complexity index is 536. The lowest BCUT2D eigenvalue weighted by Crippen LogP contribution is -2.37. The van der Waals surface area contributed by atoms with Crippen molar-refractivity contribution in [2.24, 2.45) is 5.73 Å². The van der Waals surface area contributed by atoms with Gasteiger partial charge in [0.2, 0.25) is 5.91 Å². The highest BCUT2D eigenvalue weighted by Gasteiger charge is 2.16. The lowest BCUT2D eigenvalue weighted by Gasteiger charge is -2.20. The van der Waals surface area contributed by atoms with Gasteiger partial charge in [-0.15, -0.1) is 0 Å². The van der Waals surface area contributed by atoms with Crippen LogP contribution in [0.1, 0.15) is 10.4 Å². The molecule has 0 fully saturated rings. The van der Waals surface area contributed by atoms with Crippen LogP contribution in [0.2, 0.25) is 0 Å². The Morgan fingerprint density at radius 2 is 2.10 bits per heavy atom. The normalized spacial score (nSPS) is 10.2. The Balaban J connectivity index is 2.82. The fraction of sp³-hybridized carbons (Fsp3) is 0.385. The fourth-order valence-corrected chi connectivity index (χ4v) is 1.73. The lowest BCUT2D eigenvalue weighted by molar-refractivity contribution is -0.119. The average Bonchev–Trinajstić information content (AvgIpc) is 2.38. The van der Waals surface area contributed by atoms with Crippen LogP contribution in [0.4, 0.5) is 15.8 Å². The standard InChI is InChI=1S/C13H19FN4O3/c1-18(7-12(19)17-3-4-21-2)11-5-8(13(16)20)10(15)6-9(11)14/h5-6H,3-4,7,15H2,1-2H3,(H2,16,20)(H,17,19). The summed E-state index contributed by atoms with van der Waals surface area (Å²) in [6, 6.07) is 2.24. The molecule has 0 aliphatic rings. The van der Waals surface area contributed by atoms with Gasteiger partial charge in [-0.25, -0.2) is 4.39 Å². The maximum absolute atomic E-state index is 13.9. The highest BCUT2D eigenvalue weighted by Crippen LogP contribution is 2.24. The van der Waals surface area contributed by atoms with Crippen molar-refractivity contribution in [2.75, 3.05) is 44.5 Å². The molecule has 8 heteroatoms. The summed E-state index contributed by atoms with van der Waals surface area (Å²) in [5, 5.41) is 2.61. The Kier molecular flexibility index (Phi) is 5.92.